The molecule has 0 amide bonds. The van der Waals surface area contributed by atoms with Gasteiger partial charge >= 0.3 is 0 Å². The third-order valence-corrected chi connectivity index (χ3v) is 4.20. The zero-order valence-electron chi connectivity index (χ0n) is 9.27. The summed E-state index contributed by atoms with van der Waals surface area (Å²) in [5, 5.41) is 8.04. The maximum absolute atomic E-state index is 13.0. The lowest BCUT2D eigenvalue weighted by molar-refractivity contribution is 0.615. The van der Waals surface area contributed by atoms with E-state index in [0.29, 0.717) is 16.8 Å². The maximum atomic E-state index is 13.0. The van der Waals surface area contributed by atoms with Gasteiger partial charge in [0.1, 0.15) is 5.82 Å². The van der Waals surface area contributed by atoms with Gasteiger partial charge < -0.3 is 5.32 Å². The van der Waals surface area contributed by atoms with Crippen LogP contribution >= 0.6 is 11.8 Å². The van der Waals surface area contributed by atoms with Gasteiger partial charge in [-0.15, -0.1) is 5.10 Å². The molecule has 1 fully saturated rings. The van der Waals surface area contributed by atoms with Gasteiger partial charge in [0.15, 0.2) is 5.65 Å². The molecule has 2 aromatic rings. The Morgan fingerprint density at radius 2 is 2.47 bits per heavy atom. The molecule has 17 heavy (non-hydrogen) atoms. The molecule has 0 aromatic carbocycles. The van der Waals surface area contributed by atoms with Crippen molar-refractivity contribution in [3.05, 3.63) is 24.1 Å². The highest BCUT2D eigenvalue weighted by molar-refractivity contribution is 8.00. The summed E-state index contributed by atoms with van der Waals surface area (Å²) in [5.74, 6) is 1.51. The van der Waals surface area contributed by atoms with Crippen LogP contribution in [0.2, 0.25) is 0 Å². The predicted molar refractivity (Wildman–Crippen MR) is 66.9 cm³/mol. The fourth-order valence-corrected chi connectivity index (χ4v) is 3.14. The van der Waals surface area contributed by atoms with Crippen LogP contribution in [-0.4, -0.2) is 32.1 Å². The van der Waals surface area contributed by atoms with Crippen molar-refractivity contribution < 1.29 is 4.39 Å². The van der Waals surface area contributed by atoms with Gasteiger partial charge in [-0.1, -0.05) is 0 Å². The minimum absolute atomic E-state index is 0.305. The summed E-state index contributed by atoms with van der Waals surface area (Å²) in [7, 11) is 0. The SMILES string of the molecule is Fc1ccc2nc(NCC3CCCS3)nn2c1. The van der Waals surface area contributed by atoms with Crippen LogP contribution in [0.15, 0.2) is 18.3 Å². The second-order valence-electron chi connectivity index (χ2n) is 4.10. The largest absolute Gasteiger partial charge is 0.352 e. The summed E-state index contributed by atoms with van der Waals surface area (Å²) in [5.41, 5.74) is 0.660. The van der Waals surface area contributed by atoms with Crippen molar-refractivity contribution in [1.82, 2.24) is 14.6 Å². The monoisotopic (exact) mass is 252 g/mol. The van der Waals surface area contributed by atoms with Crippen molar-refractivity contribution in [1.29, 1.82) is 0 Å². The maximum Gasteiger partial charge on any atom is 0.243 e. The number of hydrogen-bond acceptors (Lipinski definition) is 4. The fourth-order valence-electron chi connectivity index (χ4n) is 1.94. The first-order valence-electron chi connectivity index (χ1n) is 5.69. The van der Waals surface area contributed by atoms with Crippen LogP contribution in [0.25, 0.3) is 5.65 Å². The molecule has 1 aliphatic rings. The number of nitrogens with zero attached hydrogens (tertiary/aromatic N) is 3. The van der Waals surface area contributed by atoms with E-state index in [1.807, 2.05) is 11.8 Å². The predicted octanol–water partition coefficient (Wildman–Crippen LogP) is 2.18. The topological polar surface area (TPSA) is 42.2 Å². The molecule has 0 spiro atoms. The molecule has 90 valence electrons. The fraction of sp³-hybridized carbons (Fsp3) is 0.455. The van der Waals surface area contributed by atoms with E-state index in [0.717, 1.165) is 6.54 Å². The van der Waals surface area contributed by atoms with Crippen molar-refractivity contribution in [3.8, 4) is 0 Å². The number of hydrogen-bond donors (Lipinski definition) is 1. The molecular formula is C11H13FN4S. The number of rotatable bonds is 3. The zero-order valence-corrected chi connectivity index (χ0v) is 10.1. The van der Waals surface area contributed by atoms with E-state index in [4.69, 9.17) is 0 Å². The molecule has 3 rings (SSSR count). The first-order chi connectivity index (χ1) is 8.31. The van der Waals surface area contributed by atoms with E-state index < -0.39 is 0 Å². The van der Waals surface area contributed by atoms with Gasteiger partial charge in [-0.25, -0.2) is 8.91 Å². The van der Waals surface area contributed by atoms with Crippen LogP contribution < -0.4 is 5.32 Å². The molecule has 1 unspecified atom stereocenters. The molecule has 0 saturated carbocycles. The van der Waals surface area contributed by atoms with Gasteiger partial charge in [-0.3, -0.25) is 0 Å². The smallest absolute Gasteiger partial charge is 0.243 e. The molecule has 3 heterocycles. The quantitative estimate of drug-likeness (QED) is 0.909. The molecule has 0 bridgehead atoms. The first kappa shape index (κ1) is 10.8. The van der Waals surface area contributed by atoms with Crippen LogP contribution in [0, 0.1) is 5.82 Å². The van der Waals surface area contributed by atoms with Crippen LogP contribution in [0.3, 0.4) is 0 Å². The van der Waals surface area contributed by atoms with Crippen LogP contribution in [0.1, 0.15) is 12.8 Å². The van der Waals surface area contributed by atoms with Crippen molar-refractivity contribution in [2.24, 2.45) is 0 Å². The van der Waals surface area contributed by atoms with E-state index in [2.05, 4.69) is 15.4 Å². The summed E-state index contributed by atoms with van der Waals surface area (Å²) < 4.78 is 14.4. The summed E-state index contributed by atoms with van der Waals surface area (Å²) in [6.07, 6.45) is 3.87. The summed E-state index contributed by atoms with van der Waals surface area (Å²) in [6.45, 7) is 0.879. The van der Waals surface area contributed by atoms with Gasteiger partial charge in [0.2, 0.25) is 5.95 Å². The van der Waals surface area contributed by atoms with E-state index in [9.17, 15) is 4.39 Å². The zero-order chi connectivity index (χ0) is 11.7. The molecule has 1 atom stereocenters. The molecule has 2 aromatic heterocycles. The average Bonchev–Trinajstić information content (AvgIpc) is 2.94. The number of fused-ring (bicyclic) bond motifs is 1. The van der Waals surface area contributed by atoms with Crippen LogP contribution in [0.4, 0.5) is 10.3 Å². The van der Waals surface area contributed by atoms with Gasteiger partial charge in [0.25, 0.3) is 0 Å². The Bertz CT molecular complexity index is 521. The van der Waals surface area contributed by atoms with Crippen molar-refractivity contribution in [2.45, 2.75) is 18.1 Å². The van der Waals surface area contributed by atoms with Crippen LogP contribution in [-0.2, 0) is 0 Å². The molecule has 1 N–H and O–H groups in total. The number of aromatic nitrogens is 3. The molecule has 1 saturated heterocycles. The van der Waals surface area contributed by atoms with Gasteiger partial charge in [-0.2, -0.15) is 16.7 Å². The highest BCUT2D eigenvalue weighted by atomic mass is 32.2. The second kappa shape index (κ2) is 4.52. The minimum atomic E-state index is -0.305. The normalized spacial score (nSPS) is 19.9. The molecule has 4 nitrogen and oxygen atoms in total. The van der Waals surface area contributed by atoms with E-state index in [1.54, 1.807) is 6.07 Å². The number of nitrogens with one attached hydrogen (secondary N) is 1. The standard InChI is InChI=1S/C11H13FN4S/c12-8-3-4-10-14-11(15-16(10)7-8)13-6-9-2-1-5-17-9/h3-4,7,9H,1-2,5-6H2,(H,13,15). The van der Waals surface area contributed by atoms with Crippen molar-refractivity contribution >= 4 is 23.4 Å². The third-order valence-electron chi connectivity index (χ3n) is 2.81. The lowest BCUT2D eigenvalue weighted by atomic mass is 10.2. The highest BCUT2D eigenvalue weighted by Crippen LogP contribution is 2.25. The average molecular weight is 252 g/mol. The Labute approximate surface area is 103 Å². The molecular weight excluding hydrogens is 239 g/mol. The Morgan fingerprint density at radius 3 is 3.29 bits per heavy atom. The van der Waals surface area contributed by atoms with Crippen LogP contribution in [0.5, 0.6) is 0 Å². The Balaban J connectivity index is 1.72. The Morgan fingerprint density at radius 1 is 1.53 bits per heavy atom. The number of halogens is 1. The number of thioether (sulfide) groups is 1. The lowest BCUT2D eigenvalue weighted by Gasteiger charge is -2.07. The summed E-state index contributed by atoms with van der Waals surface area (Å²) in [4.78, 5) is 4.28. The summed E-state index contributed by atoms with van der Waals surface area (Å²) in [6, 6.07) is 3.01. The van der Waals surface area contributed by atoms with Gasteiger partial charge in [0.05, 0.1) is 6.20 Å². The lowest BCUT2D eigenvalue weighted by Crippen LogP contribution is -2.14. The van der Waals surface area contributed by atoms with E-state index in [-0.39, 0.29) is 5.82 Å². The molecule has 1 aliphatic heterocycles. The second-order valence-corrected chi connectivity index (χ2v) is 5.51. The molecule has 6 heteroatoms. The first-order valence-corrected chi connectivity index (χ1v) is 6.73. The minimum Gasteiger partial charge on any atom is -0.352 e. The van der Waals surface area contributed by atoms with Gasteiger partial charge in [-0.05, 0) is 30.7 Å². The van der Waals surface area contributed by atoms with Crippen molar-refractivity contribution in [3.63, 3.8) is 0 Å². The summed E-state index contributed by atoms with van der Waals surface area (Å²) >= 11 is 1.99. The highest BCUT2D eigenvalue weighted by Gasteiger charge is 2.15. The van der Waals surface area contributed by atoms with Gasteiger partial charge in [0, 0.05) is 11.8 Å². The number of pyridine rings is 1. The molecule has 0 radical (unpaired) electrons. The van der Waals surface area contributed by atoms with E-state index in [1.165, 1.54) is 35.4 Å². The number of anilines is 1. The third kappa shape index (κ3) is 2.36. The Hall–Kier alpha value is -1.30. The Kier molecular flexibility index (Phi) is 2.88. The van der Waals surface area contributed by atoms with Crippen molar-refractivity contribution in [2.75, 3.05) is 17.6 Å². The van der Waals surface area contributed by atoms with E-state index >= 15 is 0 Å². The molecule has 0 aliphatic carbocycles.